The average molecular weight is 508 g/mol. The Kier molecular flexibility index (Phi) is 11.5. The van der Waals surface area contributed by atoms with Crippen molar-refractivity contribution in [2.75, 3.05) is 13.1 Å². The summed E-state index contributed by atoms with van der Waals surface area (Å²) in [6.45, 7) is 6.72. The number of nitrogens with zero attached hydrogens (tertiary/aromatic N) is 1. The number of rotatable bonds is 8. The highest BCUT2D eigenvalue weighted by atomic mass is 35.5. The first kappa shape index (κ1) is 27.5. The van der Waals surface area contributed by atoms with Crippen LogP contribution in [0.25, 0.3) is 0 Å². The van der Waals surface area contributed by atoms with E-state index in [0.717, 1.165) is 55.4 Å². The van der Waals surface area contributed by atoms with Crippen LogP contribution in [0.1, 0.15) is 35.1 Å². The number of likely N-dealkylation sites (tertiary alicyclic amines) is 1. The zero-order chi connectivity index (χ0) is 21.5. The topological polar surface area (TPSA) is 24.5 Å². The molecule has 33 heavy (non-hydrogen) atoms. The minimum atomic E-state index is 0. The second-order valence-corrected chi connectivity index (χ2v) is 8.88. The molecule has 0 aliphatic carbocycles. The molecule has 3 aromatic rings. The maximum Gasteiger partial charge on any atom is 0.124 e. The van der Waals surface area contributed by atoms with Crippen molar-refractivity contribution in [2.24, 2.45) is 0 Å². The molecule has 0 radical (unpaired) electrons. The van der Waals surface area contributed by atoms with Crippen LogP contribution >= 0.6 is 36.4 Å². The van der Waals surface area contributed by atoms with Gasteiger partial charge in [-0.2, -0.15) is 0 Å². The van der Waals surface area contributed by atoms with E-state index in [1.54, 1.807) is 0 Å². The first-order valence-corrected chi connectivity index (χ1v) is 11.5. The summed E-state index contributed by atoms with van der Waals surface area (Å²) in [4.78, 5) is 2.54. The van der Waals surface area contributed by atoms with Gasteiger partial charge in [-0.1, -0.05) is 71.8 Å². The SMILES string of the molecule is Cc1ccc(COc2ccc(Cl)cc2CNC2CCN(Cc3ccccc3)CC2)cc1.Cl.Cl. The molecular formula is C27H33Cl3N2O. The Balaban J connectivity index is 0.00000193. The molecule has 4 rings (SSSR count). The summed E-state index contributed by atoms with van der Waals surface area (Å²) in [5, 5.41) is 4.48. The molecule has 1 N–H and O–H groups in total. The Morgan fingerprint density at radius 1 is 0.909 bits per heavy atom. The van der Waals surface area contributed by atoms with E-state index in [-0.39, 0.29) is 24.8 Å². The summed E-state index contributed by atoms with van der Waals surface area (Å²) in [5.41, 5.74) is 4.94. The lowest BCUT2D eigenvalue weighted by atomic mass is 10.0. The fourth-order valence-electron chi connectivity index (χ4n) is 4.06. The molecular weight excluding hydrogens is 475 g/mol. The van der Waals surface area contributed by atoms with Gasteiger partial charge in [0, 0.05) is 29.7 Å². The molecule has 1 heterocycles. The Bertz CT molecular complexity index is 959. The van der Waals surface area contributed by atoms with Crippen molar-refractivity contribution >= 4 is 36.4 Å². The Morgan fingerprint density at radius 3 is 2.30 bits per heavy atom. The van der Waals surface area contributed by atoms with Crippen molar-refractivity contribution in [3.8, 4) is 5.75 Å². The zero-order valence-corrected chi connectivity index (χ0v) is 21.4. The molecule has 1 fully saturated rings. The van der Waals surface area contributed by atoms with Crippen LogP contribution in [0.3, 0.4) is 0 Å². The summed E-state index contributed by atoms with van der Waals surface area (Å²) >= 11 is 6.28. The second-order valence-electron chi connectivity index (χ2n) is 8.44. The third-order valence-electron chi connectivity index (χ3n) is 5.96. The van der Waals surface area contributed by atoms with Crippen molar-refractivity contribution in [2.45, 2.75) is 45.5 Å². The largest absolute Gasteiger partial charge is 0.489 e. The maximum atomic E-state index is 6.28. The zero-order valence-electron chi connectivity index (χ0n) is 19.0. The smallest absolute Gasteiger partial charge is 0.124 e. The normalized spacial score (nSPS) is 14.2. The summed E-state index contributed by atoms with van der Waals surface area (Å²) in [6.07, 6.45) is 2.32. The Hall–Kier alpha value is -1.75. The molecule has 0 spiro atoms. The molecule has 0 atom stereocenters. The number of hydrogen-bond donors (Lipinski definition) is 1. The van der Waals surface area contributed by atoms with Crippen LogP contribution in [0.2, 0.25) is 5.02 Å². The molecule has 3 nitrogen and oxygen atoms in total. The average Bonchev–Trinajstić information content (AvgIpc) is 2.80. The highest BCUT2D eigenvalue weighted by Gasteiger charge is 2.19. The van der Waals surface area contributed by atoms with E-state index in [4.69, 9.17) is 16.3 Å². The van der Waals surface area contributed by atoms with Gasteiger partial charge >= 0.3 is 0 Å². The van der Waals surface area contributed by atoms with Gasteiger partial charge in [0.05, 0.1) is 0 Å². The molecule has 6 heteroatoms. The number of halogens is 3. The van der Waals surface area contributed by atoms with Crippen LogP contribution in [-0.4, -0.2) is 24.0 Å². The quantitative estimate of drug-likeness (QED) is 0.362. The Labute approximate surface area is 215 Å². The van der Waals surface area contributed by atoms with Crippen LogP contribution in [0.5, 0.6) is 5.75 Å². The van der Waals surface area contributed by atoms with Crippen molar-refractivity contribution in [1.82, 2.24) is 10.2 Å². The number of piperidine rings is 1. The van der Waals surface area contributed by atoms with Gasteiger partial charge in [0.25, 0.3) is 0 Å². The molecule has 1 saturated heterocycles. The van der Waals surface area contributed by atoms with Gasteiger partial charge in [-0.15, -0.1) is 24.8 Å². The van der Waals surface area contributed by atoms with Crippen LogP contribution in [0.15, 0.2) is 72.8 Å². The molecule has 0 unspecified atom stereocenters. The van der Waals surface area contributed by atoms with Gasteiger partial charge in [-0.3, -0.25) is 4.90 Å². The van der Waals surface area contributed by atoms with E-state index in [9.17, 15) is 0 Å². The molecule has 1 aliphatic rings. The van der Waals surface area contributed by atoms with E-state index in [2.05, 4.69) is 71.7 Å². The minimum Gasteiger partial charge on any atom is -0.489 e. The van der Waals surface area contributed by atoms with Gasteiger partial charge in [0.15, 0.2) is 0 Å². The van der Waals surface area contributed by atoms with Gasteiger partial charge in [-0.25, -0.2) is 0 Å². The van der Waals surface area contributed by atoms with Crippen LogP contribution in [0, 0.1) is 6.92 Å². The predicted octanol–water partition coefficient (Wildman–Crippen LogP) is 6.83. The molecule has 0 aromatic heterocycles. The Morgan fingerprint density at radius 2 is 1.61 bits per heavy atom. The molecule has 1 aliphatic heterocycles. The van der Waals surface area contributed by atoms with Gasteiger partial charge in [0.2, 0.25) is 0 Å². The number of hydrogen-bond acceptors (Lipinski definition) is 3. The second kappa shape index (κ2) is 13.8. The van der Waals surface area contributed by atoms with Crippen molar-refractivity contribution in [3.63, 3.8) is 0 Å². The minimum absolute atomic E-state index is 0. The summed E-state index contributed by atoms with van der Waals surface area (Å²) in [7, 11) is 0. The van der Waals surface area contributed by atoms with E-state index in [1.807, 2.05) is 18.2 Å². The standard InChI is InChI=1S/C27H31ClN2O.2ClH/c1-21-7-9-23(10-8-21)20-31-27-12-11-25(28)17-24(27)18-29-26-13-15-30(16-14-26)19-22-5-3-2-4-6-22;;/h2-12,17,26,29H,13-16,18-20H2,1H3;2*1H. The van der Waals surface area contributed by atoms with Crippen LogP contribution < -0.4 is 10.1 Å². The molecule has 0 amide bonds. The third kappa shape index (κ3) is 8.51. The number of benzene rings is 3. The fourth-order valence-corrected chi connectivity index (χ4v) is 4.26. The van der Waals surface area contributed by atoms with E-state index in [1.165, 1.54) is 16.7 Å². The monoisotopic (exact) mass is 506 g/mol. The van der Waals surface area contributed by atoms with Crippen LogP contribution in [0.4, 0.5) is 0 Å². The van der Waals surface area contributed by atoms with Gasteiger partial charge < -0.3 is 10.1 Å². The molecule has 178 valence electrons. The summed E-state index contributed by atoms with van der Waals surface area (Å²) < 4.78 is 6.13. The highest BCUT2D eigenvalue weighted by Crippen LogP contribution is 2.25. The number of aryl methyl sites for hydroxylation is 1. The molecule has 0 bridgehead atoms. The van der Waals surface area contributed by atoms with E-state index < -0.39 is 0 Å². The molecule has 3 aromatic carbocycles. The van der Waals surface area contributed by atoms with Gasteiger partial charge in [-0.05, 0) is 62.2 Å². The fraction of sp³-hybridized carbons (Fsp3) is 0.333. The third-order valence-corrected chi connectivity index (χ3v) is 6.19. The lowest BCUT2D eigenvalue weighted by molar-refractivity contribution is 0.189. The van der Waals surface area contributed by atoms with Crippen LogP contribution in [-0.2, 0) is 19.7 Å². The number of ether oxygens (including phenoxy) is 1. The first-order valence-electron chi connectivity index (χ1n) is 11.1. The lowest BCUT2D eigenvalue weighted by Crippen LogP contribution is -2.41. The van der Waals surface area contributed by atoms with Crippen molar-refractivity contribution in [1.29, 1.82) is 0 Å². The van der Waals surface area contributed by atoms with E-state index >= 15 is 0 Å². The predicted molar refractivity (Wildman–Crippen MR) is 143 cm³/mol. The summed E-state index contributed by atoms with van der Waals surface area (Å²) in [5.74, 6) is 0.902. The first-order chi connectivity index (χ1) is 15.2. The highest BCUT2D eigenvalue weighted by molar-refractivity contribution is 6.30. The summed E-state index contributed by atoms with van der Waals surface area (Å²) in [6, 6.07) is 25.6. The van der Waals surface area contributed by atoms with Crippen molar-refractivity contribution in [3.05, 3.63) is 100 Å². The number of nitrogens with one attached hydrogen (secondary N) is 1. The van der Waals surface area contributed by atoms with Crippen molar-refractivity contribution < 1.29 is 4.74 Å². The maximum absolute atomic E-state index is 6.28. The lowest BCUT2D eigenvalue weighted by Gasteiger charge is -2.32. The van der Waals surface area contributed by atoms with Gasteiger partial charge in [0.1, 0.15) is 12.4 Å². The molecule has 0 saturated carbocycles. The van der Waals surface area contributed by atoms with E-state index in [0.29, 0.717) is 12.6 Å².